The molecule has 74 valence electrons. The summed E-state index contributed by atoms with van der Waals surface area (Å²) in [6.45, 7) is 1.31. The number of carbonyl (C=O) groups excluding carboxylic acids is 1. The first-order valence-corrected chi connectivity index (χ1v) is 4.88. The lowest BCUT2D eigenvalue weighted by Crippen LogP contribution is -2.52. The van der Waals surface area contributed by atoms with Crippen LogP contribution in [0.3, 0.4) is 0 Å². The average molecular weight is 190 g/mol. The number of hydrogen-bond acceptors (Lipinski definition) is 2. The standard InChI is InChI=1S/C11H14N2O/c14-11-8-12-7-10(13-11)6-9-4-2-1-3-5-9/h1-5,10,12H,6-8H2,(H,13,14)/t10-/m0/s1. The summed E-state index contributed by atoms with van der Waals surface area (Å²) in [5, 5.41) is 6.06. The van der Waals surface area contributed by atoms with Crippen molar-refractivity contribution in [3.05, 3.63) is 35.9 Å². The minimum absolute atomic E-state index is 0.0946. The second-order valence-electron chi connectivity index (χ2n) is 3.59. The van der Waals surface area contributed by atoms with Crippen LogP contribution in [0.15, 0.2) is 30.3 Å². The van der Waals surface area contributed by atoms with Gasteiger partial charge >= 0.3 is 0 Å². The summed E-state index contributed by atoms with van der Waals surface area (Å²) in [5.41, 5.74) is 1.27. The van der Waals surface area contributed by atoms with Gasteiger partial charge in [0.2, 0.25) is 5.91 Å². The van der Waals surface area contributed by atoms with Crippen LogP contribution in [0, 0.1) is 0 Å². The van der Waals surface area contributed by atoms with Gasteiger partial charge in [0.25, 0.3) is 0 Å². The lowest BCUT2D eigenvalue weighted by Gasteiger charge is -2.24. The third-order valence-electron chi connectivity index (χ3n) is 2.37. The molecule has 0 unspecified atom stereocenters. The van der Waals surface area contributed by atoms with Gasteiger partial charge in [-0.05, 0) is 12.0 Å². The van der Waals surface area contributed by atoms with Gasteiger partial charge < -0.3 is 10.6 Å². The van der Waals surface area contributed by atoms with E-state index in [2.05, 4.69) is 22.8 Å². The number of carbonyl (C=O) groups is 1. The molecule has 1 aromatic rings. The van der Waals surface area contributed by atoms with E-state index < -0.39 is 0 Å². The molecule has 0 bridgehead atoms. The lowest BCUT2D eigenvalue weighted by atomic mass is 10.0. The molecule has 0 radical (unpaired) electrons. The quantitative estimate of drug-likeness (QED) is 0.705. The highest BCUT2D eigenvalue weighted by atomic mass is 16.2. The molecule has 0 spiro atoms. The number of rotatable bonds is 2. The molecule has 3 heteroatoms. The second kappa shape index (κ2) is 4.24. The summed E-state index contributed by atoms with van der Waals surface area (Å²) in [5.74, 6) is 0.0946. The Balaban J connectivity index is 1.94. The predicted molar refractivity (Wildman–Crippen MR) is 54.9 cm³/mol. The van der Waals surface area contributed by atoms with Gasteiger partial charge in [-0.2, -0.15) is 0 Å². The Labute approximate surface area is 83.5 Å². The van der Waals surface area contributed by atoms with E-state index in [0.717, 1.165) is 13.0 Å². The zero-order valence-corrected chi connectivity index (χ0v) is 7.99. The van der Waals surface area contributed by atoms with Crippen molar-refractivity contribution in [2.24, 2.45) is 0 Å². The summed E-state index contributed by atoms with van der Waals surface area (Å²) in [6, 6.07) is 10.4. The van der Waals surface area contributed by atoms with E-state index in [4.69, 9.17) is 0 Å². The molecule has 1 fully saturated rings. The van der Waals surface area contributed by atoms with Gasteiger partial charge in [0.15, 0.2) is 0 Å². The molecule has 14 heavy (non-hydrogen) atoms. The number of benzene rings is 1. The summed E-state index contributed by atoms with van der Waals surface area (Å²) >= 11 is 0. The van der Waals surface area contributed by atoms with Crippen LogP contribution in [-0.4, -0.2) is 25.0 Å². The molecule has 2 N–H and O–H groups in total. The molecule has 1 saturated heterocycles. The van der Waals surface area contributed by atoms with Gasteiger partial charge in [-0.25, -0.2) is 0 Å². The van der Waals surface area contributed by atoms with Crippen molar-refractivity contribution < 1.29 is 4.79 Å². The first-order valence-electron chi connectivity index (χ1n) is 4.88. The summed E-state index contributed by atoms with van der Waals surface area (Å²) in [6.07, 6.45) is 0.902. The van der Waals surface area contributed by atoms with E-state index >= 15 is 0 Å². The largest absolute Gasteiger partial charge is 0.351 e. The van der Waals surface area contributed by atoms with Crippen molar-refractivity contribution in [3.8, 4) is 0 Å². The highest BCUT2D eigenvalue weighted by Crippen LogP contribution is 2.03. The molecule has 1 aliphatic rings. The lowest BCUT2D eigenvalue weighted by molar-refractivity contribution is -0.122. The van der Waals surface area contributed by atoms with Crippen LogP contribution < -0.4 is 10.6 Å². The zero-order valence-electron chi connectivity index (χ0n) is 7.99. The fourth-order valence-corrected chi connectivity index (χ4v) is 1.71. The van der Waals surface area contributed by atoms with E-state index in [0.29, 0.717) is 6.54 Å². The Morgan fingerprint density at radius 1 is 1.29 bits per heavy atom. The smallest absolute Gasteiger partial charge is 0.234 e. The molecule has 1 aromatic carbocycles. The Hall–Kier alpha value is -1.35. The van der Waals surface area contributed by atoms with Crippen molar-refractivity contribution >= 4 is 5.91 Å². The van der Waals surface area contributed by atoms with Crippen molar-refractivity contribution in [2.45, 2.75) is 12.5 Å². The van der Waals surface area contributed by atoms with Crippen molar-refractivity contribution in [3.63, 3.8) is 0 Å². The van der Waals surface area contributed by atoms with Crippen molar-refractivity contribution in [1.82, 2.24) is 10.6 Å². The van der Waals surface area contributed by atoms with Crippen LogP contribution >= 0.6 is 0 Å². The van der Waals surface area contributed by atoms with Gasteiger partial charge in [0, 0.05) is 12.6 Å². The van der Waals surface area contributed by atoms with Crippen LogP contribution in [-0.2, 0) is 11.2 Å². The topological polar surface area (TPSA) is 41.1 Å². The van der Waals surface area contributed by atoms with Gasteiger partial charge in [-0.1, -0.05) is 30.3 Å². The van der Waals surface area contributed by atoms with Crippen LogP contribution in [0.1, 0.15) is 5.56 Å². The maximum atomic E-state index is 11.1. The minimum atomic E-state index is 0.0946. The molecule has 3 nitrogen and oxygen atoms in total. The molecular formula is C11H14N2O. The van der Waals surface area contributed by atoms with E-state index in [1.54, 1.807) is 0 Å². The van der Waals surface area contributed by atoms with Gasteiger partial charge in [-0.15, -0.1) is 0 Å². The number of piperazine rings is 1. The fraction of sp³-hybridized carbons (Fsp3) is 0.364. The Kier molecular flexibility index (Phi) is 2.79. The molecule has 2 rings (SSSR count). The summed E-state index contributed by atoms with van der Waals surface area (Å²) in [7, 11) is 0. The number of nitrogens with one attached hydrogen (secondary N) is 2. The van der Waals surface area contributed by atoms with Gasteiger partial charge in [-0.3, -0.25) is 4.79 Å². The van der Waals surface area contributed by atoms with Crippen molar-refractivity contribution in [2.75, 3.05) is 13.1 Å². The van der Waals surface area contributed by atoms with E-state index in [9.17, 15) is 4.79 Å². The molecule has 1 aliphatic heterocycles. The maximum absolute atomic E-state index is 11.1. The van der Waals surface area contributed by atoms with Crippen LogP contribution in [0.2, 0.25) is 0 Å². The van der Waals surface area contributed by atoms with Crippen LogP contribution in [0.25, 0.3) is 0 Å². The summed E-state index contributed by atoms with van der Waals surface area (Å²) < 4.78 is 0. The first-order chi connectivity index (χ1) is 6.84. The Morgan fingerprint density at radius 3 is 2.79 bits per heavy atom. The average Bonchev–Trinajstić information content (AvgIpc) is 2.19. The normalized spacial score (nSPS) is 21.7. The SMILES string of the molecule is O=C1CNC[C@H](Cc2ccccc2)N1. The molecule has 0 aliphatic carbocycles. The Morgan fingerprint density at radius 2 is 2.07 bits per heavy atom. The van der Waals surface area contributed by atoms with Gasteiger partial charge in [0.05, 0.1) is 6.54 Å². The highest BCUT2D eigenvalue weighted by Gasteiger charge is 2.17. The molecule has 1 atom stereocenters. The monoisotopic (exact) mass is 190 g/mol. The second-order valence-corrected chi connectivity index (χ2v) is 3.59. The molecule has 1 amide bonds. The summed E-state index contributed by atoms with van der Waals surface area (Å²) in [4.78, 5) is 11.1. The number of amides is 1. The fourth-order valence-electron chi connectivity index (χ4n) is 1.71. The van der Waals surface area contributed by atoms with E-state index in [1.807, 2.05) is 18.2 Å². The highest BCUT2D eigenvalue weighted by molar-refractivity contribution is 5.79. The van der Waals surface area contributed by atoms with E-state index in [1.165, 1.54) is 5.56 Å². The zero-order chi connectivity index (χ0) is 9.80. The molecule has 0 saturated carbocycles. The van der Waals surface area contributed by atoms with Crippen LogP contribution in [0.4, 0.5) is 0 Å². The predicted octanol–water partition coefficient (Wildman–Crippen LogP) is 0.317. The third kappa shape index (κ3) is 2.33. The maximum Gasteiger partial charge on any atom is 0.234 e. The molecule has 0 aromatic heterocycles. The number of hydrogen-bond donors (Lipinski definition) is 2. The minimum Gasteiger partial charge on any atom is -0.351 e. The van der Waals surface area contributed by atoms with Crippen molar-refractivity contribution in [1.29, 1.82) is 0 Å². The van der Waals surface area contributed by atoms with E-state index in [-0.39, 0.29) is 11.9 Å². The van der Waals surface area contributed by atoms with Crippen LogP contribution in [0.5, 0.6) is 0 Å². The molecule has 1 heterocycles. The Bertz CT molecular complexity index is 310. The molecular weight excluding hydrogens is 176 g/mol. The van der Waals surface area contributed by atoms with Gasteiger partial charge in [0.1, 0.15) is 0 Å². The first kappa shape index (κ1) is 9.21. The third-order valence-corrected chi connectivity index (χ3v) is 2.37.